The van der Waals surface area contributed by atoms with Gasteiger partial charge in [0.25, 0.3) is 0 Å². The van der Waals surface area contributed by atoms with Gasteiger partial charge in [-0.05, 0) is 16.2 Å². The molecular formula is C12H15N. The van der Waals surface area contributed by atoms with Gasteiger partial charge in [0, 0.05) is 0 Å². The smallest absolute Gasteiger partial charge is 0.0685 e. The minimum atomic E-state index is 0.201. The van der Waals surface area contributed by atoms with E-state index in [1.807, 2.05) is 0 Å². The fourth-order valence-corrected chi connectivity index (χ4v) is 1.74. The summed E-state index contributed by atoms with van der Waals surface area (Å²) in [6.07, 6.45) is 2.19. The second-order valence-electron chi connectivity index (χ2n) is 4.54. The number of nitrogens with zero attached hydrogens (tertiary/aromatic N) is 1. The lowest BCUT2D eigenvalue weighted by Gasteiger charge is -2.18. The maximum absolute atomic E-state index is 4.51. The first-order valence-corrected chi connectivity index (χ1v) is 4.73. The molecule has 1 aromatic carbocycles. The number of para-hydroxylation sites is 1. The number of fused-ring (bicyclic) bond motifs is 1. The molecule has 0 spiro atoms. The van der Waals surface area contributed by atoms with E-state index in [2.05, 4.69) is 50.0 Å². The third kappa shape index (κ3) is 1.39. The monoisotopic (exact) mass is 173 g/mol. The van der Waals surface area contributed by atoms with E-state index in [1.54, 1.807) is 0 Å². The van der Waals surface area contributed by atoms with Gasteiger partial charge in [-0.3, -0.25) is 4.99 Å². The molecule has 0 saturated heterocycles. The van der Waals surface area contributed by atoms with Crippen LogP contribution in [0.5, 0.6) is 0 Å². The fourth-order valence-electron chi connectivity index (χ4n) is 1.74. The molecule has 68 valence electrons. The fraction of sp³-hybridized carbons (Fsp3) is 0.417. The van der Waals surface area contributed by atoms with Gasteiger partial charge in [-0.2, -0.15) is 0 Å². The lowest BCUT2D eigenvalue weighted by atomic mass is 9.86. The molecule has 0 aliphatic carbocycles. The van der Waals surface area contributed by atoms with Crippen LogP contribution in [0.15, 0.2) is 23.2 Å². The van der Waals surface area contributed by atoms with Crippen LogP contribution in [-0.2, 0) is 5.41 Å². The van der Waals surface area contributed by atoms with Crippen molar-refractivity contribution < 1.29 is 0 Å². The van der Waals surface area contributed by atoms with Crippen LogP contribution in [0.2, 0.25) is 0 Å². The summed E-state index contributed by atoms with van der Waals surface area (Å²) in [7, 11) is 0. The number of hydrogen-bond acceptors (Lipinski definition) is 1. The number of benzene rings is 1. The molecule has 0 radical (unpaired) electrons. The summed E-state index contributed by atoms with van der Waals surface area (Å²) in [5.74, 6) is 0. The first-order chi connectivity index (χ1) is 6.09. The second kappa shape index (κ2) is 2.69. The first kappa shape index (κ1) is 8.49. The highest BCUT2D eigenvalue weighted by atomic mass is 14.7. The van der Waals surface area contributed by atoms with Crippen molar-refractivity contribution >= 4 is 6.08 Å². The Morgan fingerprint density at radius 3 is 2.69 bits per heavy atom. The van der Waals surface area contributed by atoms with E-state index < -0.39 is 0 Å². The molecule has 1 aliphatic rings. The largest absolute Gasteiger partial charge is 0.280 e. The predicted molar refractivity (Wildman–Crippen MR) is 55.3 cm³/mol. The standard InChI is InChI=1S/C12H15N/c1-12(2,3)10-6-4-5-9-7-8-13-11(9)10/h4-7H,8H2,1-3H3. The molecule has 1 heterocycles. The van der Waals surface area contributed by atoms with Crippen molar-refractivity contribution in [2.75, 3.05) is 6.54 Å². The van der Waals surface area contributed by atoms with Crippen LogP contribution in [0, 0.1) is 0 Å². The summed E-state index contributed by atoms with van der Waals surface area (Å²) in [5, 5.41) is 2.50. The van der Waals surface area contributed by atoms with Gasteiger partial charge in [0.2, 0.25) is 0 Å². The van der Waals surface area contributed by atoms with Crippen molar-refractivity contribution in [3.8, 4) is 0 Å². The first-order valence-electron chi connectivity index (χ1n) is 4.73. The topological polar surface area (TPSA) is 12.4 Å². The maximum Gasteiger partial charge on any atom is 0.0685 e. The summed E-state index contributed by atoms with van der Waals surface area (Å²) in [6.45, 7) is 7.55. The van der Waals surface area contributed by atoms with E-state index in [9.17, 15) is 0 Å². The van der Waals surface area contributed by atoms with Crippen molar-refractivity contribution in [3.05, 3.63) is 34.3 Å². The van der Waals surface area contributed by atoms with Crippen LogP contribution in [0.25, 0.3) is 6.08 Å². The molecule has 1 heteroatoms. The Balaban J connectivity index is 2.77. The van der Waals surface area contributed by atoms with Gasteiger partial charge in [-0.15, -0.1) is 0 Å². The predicted octanol–water partition coefficient (Wildman–Crippen LogP) is 1.40. The number of hydrogen-bond donors (Lipinski definition) is 0. The molecule has 0 fully saturated rings. The van der Waals surface area contributed by atoms with Gasteiger partial charge in [-0.1, -0.05) is 45.0 Å². The lowest BCUT2D eigenvalue weighted by Crippen LogP contribution is -2.32. The molecule has 0 saturated carbocycles. The zero-order valence-electron chi connectivity index (χ0n) is 8.46. The minimum absolute atomic E-state index is 0.201. The normalized spacial score (nSPS) is 14.7. The zero-order valence-corrected chi connectivity index (χ0v) is 8.46. The van der Waals surface area contributed by atoms with Crippen molar-refractivity contribution in [1.29, 1.82) is 0 Å². The molecule has 2 rings (SSSR count). The Morgan fingerprint density at radius 2 is 2.00 bits per heavy atom. The van der Waals surface area contributed by atoms with Gasteiger partial charge in [0.15, 0.2) is 0 Å². The van der Waals surface area contributed by atoms with Crippen molar-refractivity contribution in [2.45, 2.75) is 26.2 Å². The SMILES string of the molecule is CC(C)(C)c1cccc2c1=NCC=2. The second-order valence-corrected chi connectivity index (χ2v) is 4.54. The van der Waals surface area contributed by atoms with Crippen molar-refractivity contribution in [1.82, 2.24) is 0 Å². The van der Waals surface area contributed by atoms with E-state index in [0.29, 0.717) is 0 Å². The molecule has 0 bridgehead atoms. The molecule has 0 N–H and O–H groups in total. The van der Waals surface area contributed by atoms with Crippen LogP contribution in [0.3, 0.4) is 0 Å². The Hall–Kier alpha value is -1.11. The molecule has 0 amide bonds. The minimum Gasteiger partial charge on any atom is -0.280 e. The van der Waals surface area contributed by atoms with Gasteiger partial charge >= 0.3 is 0 Å². The quantitative estimate of drug-likeness (QED) is 0.562. The molecule has 0 aromatic heterocycles. The average Bonchev–Trinajstić information content (AvgIpc) is 2.48. The van der Waals surface area contributed by atoms with Crippen LogP contribution in [-0.4, -0.2) is 6.54 Å². The van der Waals surface area contributed by atoms with E-state index in [0.717, 1.165) is 6.54 Å². The summed E-state index contributed by atoms with van der Waals surface area (Å²) in [6, 6.07) is 6.44. The Labute approximate surface area is 78.8 Å². The molecule has 1 aromatic rings. The van der Waals surface area contributed by atoms with E-state index in [-0.39, 0.29) is 5.41 Å². The third-order valence-corrected chi connectivity index (χ3v) is 2.44. The van der Waals surface area contributed by atoms with Crippen LogP contribution in [0.4, 0.5) is 0 Å². The number of rotatable bonds is 0. The summed E-state index contributed by atoms with van der Waals surface area (Å²) >= 11 is 0. The molecule has 1 aliphatic heterocycles. The van der Waals surface area contributed by atoms with Crippen LogP contribution < -0.4 is 10.6 Å². The van der Waals surface area contributed by atoms with Crippen molar-refractivity contribution in [3.63, 3.8) is 0 Å². The molecule has 0 atom stereocenters. The Kier molecular flexibility index (Phi) is 1.76. The zero-order chi connectivity index (χ0) is 9.47. The highest BCUT2D eigenvalue weighted by molar-refractivity contribution is 5.34. The van der Waals surface area contributed by atoms with Gasteiger partial charge < -0.3 is 0 Å². The van der Waals surface area contributed by atoms with Gasteiger partial charge in [0.05, 0.1) is 11.9 Å². The molecule has 1 nitrogen and oxygen atoms in total. The third-order valence-electron chi connectivity index (χ3n) is 2.44. The summed E-state index contributed by atoms with van der Waals surface area (Å²) in [5.41, 5.74) is 1.56. The summed E-state index contributed by atoms with van der Waals surface area (Å²) in [4.78, 5) is 4.51. The van der Waals surface area contributed by atoms with E-state index >= 15 is 0 Å². The van der Waals surface area contributed by atoms with Crippen molar-refractivity contribution in [2.24, 2.45) is 4.99 Å². The highest BCUT2D eigenvalue weighted by Crippen LogP contribution is 2.17. The molecular weight excluding hydrogens is 158 g/mol. The summed E-state index contributed by atoms with van der Waals surface area (Å²) < 4.78 is 0. The van der Waals surface area contributed by atoms with Gasteiger partial charge in [0.1, 0.15) is 0 Å². The molecule has 13 heavy (non-hydrogen) atoms. The van der Waals surface area contributed by atoms with E-state index in [1.165, 1.54) is 16.1 Å². The highest BCUT2D eigenvalue weighted by Gasteiger charge is 2.16. The lowest BCUT2D eigenvalue weighted by molar-refractivity contribution is 0.582. The maximum atomic E-state index is 4.51. The Bertz CT molecular complexity index is 435. The average molecular weight is 173 g/mol. The molecule has 0 unspecified atom stereocenters. The van der Waals surface area contributed by atoms with Crippen LogP contribution >= 0.6 is 0 Å². The van der Waals surface area contributed by atoms with E-state index in [4.69, 9.17) is 0 Å². The van der Waals surface area contributed by atoms with Crippen LogP contribution in [0.1, 0.15) is 26.3 Å². The Morgan fingerprint density at radius 1 is 1.23 bits per heavy atom. The van der Waals surface area contributed by atoms with Gasteiger partial charge in [-0.25, -0.2) is 0 Å².